The number of hydrogen-bond donors (Lipinski definition) is 1. The Balaban J connectivity index is 2.49. The molecule has 2 rings (SSSR count). The van der Waals surface area contributed by atoms with Crippen molar-refractivity contribution in [1.29, 1.82) is 0 Å². The summed E-state index contributed by atoms with van der Waals surface area (Å²) < 4.78 is 1.74. The van der Waals surface area contributed by atoms with E-state index in [1.165, 1.54) is 0 Å². The van der Waals surface area contributed by atoms with E-state index in [1.807, 2.05) is 32.9 Å². The molecule has 0 saturated carbocycles. The first-order valence-corrected chi connectivity index (χ1v) is 5.19. The molecule has 0 aliphatic rings. The van der Waals surface area contributed by atoms with Crippen LogP contribution in [0, 0.1) is 20.8 Å². The summed E-state index contributed by atoms with van der Waals surface area (Å²) >= 11 is 0. The van der Waals surface area contributed by atoms with E-state index in [0.29, 0.717) is 6.54 Å². The molecule has 2 heterocycles. The van der Waals surface area contributed by atoms with Gasteiger partial charge in [0.1, 0.15) is 11.6 Å². The molecule has 0 aliphatic heterocycles. The van der Waals surface area contributed by atoms with Crippen molar-refractivity contribution in [1.82, 2.24) is 19.7 Å². The molecule has 0 atom stereocenters. The molecule has 0 aliphatic carbocycles. The zero-order chi connectivity index (χ0) is 11.7. The van der Waals surface area contributed by atoms with Crippen LogP contribution in [0.25, 0.3) is 5.82 Å². The minimum atomic E-state index is 0.508. The van der Waals surface area contributed by atoms with E-state index in [4.69, 9.17) is 5.73 Å². The average molecular weight is 217 g/mol. The summed E-state index contributed by atoms with van der Waals surface area (Å²) in [6, 6.07) is 3.89. The van der Waals surface area contributed by atoms with E-state index in [1.54, 1.807) is 4.68 Å². The van der Waals surface area contributed by atoms with Crippen molar-refractivity contribution in [2.24, 2.45) is 5.73 Å². The number of aryl methyl sites for hydroxylation is 3. The van der Waals surface area contributed by atoms with Gasteiger partial charge in [-0.15, -0.1) is 5.10 Å². The highest BCUT2D eigenvalue weighted by atomic mass is 15.4. The van der Waals surface area contributed by atoms with E-state index >= 15 is 0 Å². The second-order valence-corrected chi connectivity index (χ2v) is 3.74. The summed E-state index contributed by atoms with van der Waals surface area (Å²) in [5, 5.41) is 4.29. The van der Waals surface area contributed by atoms with E-state index in [0.717, 1.165) is 28.7 Å². The molecule has 0 bridgehead atoms. The quantitative estimate of drug-likeness (QED) is 0.816. The van der Waals surface area contributed by atoms with Gasteiger partial charge in [0.2, 0.25) is 0 Å². The van der Waals surface area contributed by atoms with Gasteiger partial charge >= 0.3 is 0 Å². The third-order valence-electron chi connectivity index (χ3n) is 2.49. The van der Waals surface area contributed by atoms with Gasteiger partial charge < -0.3 is 5.73 Å². The van der Waals surface area contributed by atoms with Gasteiger partial charge in [0, 0.05) is 12.2 Å². The SMILES string of the molecule is Cc1nc(C)n(-c2ccc(CN)c(C)n2)n1. The maximum atomic E-state index is 5.60. The number of pyridine rings is 1. The van der Waals surface area contributed by atoms with Crippen molar-refractivity contribution in [3.63, 3.8) is 0 Å². The van der Waals surface area contributed by atoms with Crippen molar-refractivity contribution in [2.45, 2.75) is 27.3 Å². The van der Waals surface area contributed by atoms with E-state index in [9.17, 15) is 0 Å². The predicted molar refractivity (Wildman–Crippen MR) is 61.3 cm³/mol. The van der Waals surface area contributed by atoms with Crippen molar-refractivity contribution in [2.75, 3.05) is 0 Å². The molecule has 0 spiro atoms. The van der Waals surface area contributed by atoms with Crippen molar-refractivity contribution >= 4 is 0 Å². The Hall–Kier alpha value is -1.75. The first-order chi connectivity index (χ1) is 7.61. The molecule has 2 aromatic rings. The highest BCUT2D eigenvalue weighted by Gasteiger charge is 2.07. The van der Waals surface area contributed by atoms with Gasteiger partial charge in [-0.25, -0.2) is 9.97 Å². The summed E-state index contributed by atoms with van der Waals surface area (Å²) in [6.45, 7) is 6.23. The highest BCUT2D eigenvalue weighted by molar-refractivity contribution is 5.30. The zero-order valence-electron chi connectivity index (χ0n) is 9.73. The van der Waals surface area contributed by atoms with Crippen LogP contribution in [0.3, 0.4) is 0 Å². The van der Waals surface area contributed by atoms with E-state index < -0.39 is 0 Å². The smallest absolute Gasteiger partial charge is 0.155 e. The van der Waals surface area contributed by atoms with Gasteiger partial charge in [-0.3, -0.25) is 0 Å². The number of rotatable bonds is 2. The molecule has 84 valence electrons. The van der Waals surface area contributed by atoms with E-state index in [-0.39, 0.29) is 0 Å². The Labute approximate surface area is 94.3 Å². The number of nitrogens with two attached hydrogens (primary N) is 1. The molecule has 0 radical (unpaired) electrons. The van der Waals surface area contributed by atoms with Gasteiger partial charge in [-0.2, -0.15) is 4.68 Å². The summed E-state index contributed by atoms with van der Waals surface area (Å²) in [5.74, 6) is 2.37. The maximum Gasteiger partial charge on any atom is 0.155 e. The lowest BCUT2D eigenvalue weighted by Gasteiger charge is -2.06. The monoisotopic (exact) mass is 217 g/mol. The molecule has 2 aromatic heterocycles. The van der Waals surface area contributed by atoms with E-state index in [2.05, 4.69) is 15.1 Å². The van der Waals surface area contributed by atoms with Gasteiger partial charge in [-0.1, -0.05) is 6.07 Å². The lowest BCUT2D eigenvalue weighted by atomic mass is 10.2. The molecular weight excluding hydrogens is 202 g/mol. The third kappa shape index (κ3) is 1.81. The first kappa shape index (κ1) is 10.8. The first-order valence-electron chi connectivity index (χ1n) is 5.19. The van der Waals surface area contributed by atoms with Crippen LogP contribution in [0.5, 0.6) is 0 Å². The normalized spacial score (nSPS) is 10.8. The van der Waals surface area contributed by atoms with Crippen LogP contribution >= 0.6 is 0 Å². The topological polar surface area (TPSA) is 69.6 Å². The van der Waals surface area contributed by atoms with Crippen LogP contribution in [-0.2, 0) is 6.54 Å². The Kier molecular flexibility index (Phi) is 2.70. The van der Waals surface area contributed by atoms with Crippen LogP contribution in [0.1, 0.15) is 22.9 Å². The summed E-state index contributed by atoms with van der Waals surface area (Å²) in [6.07, 6.45) is 0. The Bertz CT molecular complexity index is 515. The minimum Gasteiger partial charge on any atom is -0.326 e. The second kappa shape index (κ2) is 4.02. The molecular formula is C11H15N5. The van der Waals surface area contributed by atoms with Crippen LogP contribution in [0.2, 0.25) is 0 Å². The number of nitrogens with zero attached hydrogens (tertiary/aromatic N) is 4. The highest BCUT2D eigenvalue weighted by Crippen LogP contribution is 2.11. The van der Waals surface area contributed by atoms with Gasteiger partial charge in [-0.05, 0) is 32.4 Å². The fourth-order valence-electron chi connectivity index (χ4n) is 1.65. The molecule has 0 saturated heterocycles. The van der Waals surface area contributed by atoms with Gasteiger partial charge in [0.25, 0.3) is 0 Å². The fourth-order valence-corrected chi connectivity index (χ4v) is 1.65. The zero-order valence-corrected chi connectivity index (χ0v) is 9.73. The Morgan fingerprint density at radius 1 is 1.19 bits per heavy atom. The lowest BCUT2D eigenvalue weighted by Crippen LogP contribution is -2.06. The third-order valence-corrected chi connectivity index (χ3v) is 2.49. The van der Waals surface area contributed by atoms with Crippen LogP contribution in [0.15, 0.2) is 12.1 Å². The summed E-state index contributed by atoms with van der Waals surface area (Å²) in [4.78, 5) is 8.72. The Morgan fingerprint density at radius 2 is 1.94 bits per heavy atom. The van der Waals surface area contributed by atoms with Crippen LogP contribution < -0.4 is 5.73 Å². The molecule has 0 fully saturated rings. The molecule has 2 N–H and O–H groups in total. The second-order valence-electron chi connectivity index (χ2n) is 3.74. The molecule has 5 heteroatoms. The maximum absolute atomic E-state index is 5.60. The number of aromatic nitrogens is 4. The largest absolute Gasteiger partial charge is 0.326 e. The Morgan fingerprint density at radius 3 is 2.44 bits per heavy atom. The minimum absolute atomic E-state index is 0.508. The molecule has 0 amide bonds. The van der Waals surface area contributed by atoms with Crippen molar-refractivity contribution < 1.29 is 0 Å². The van der Waals surface area contributed by atoms with Crippen LogP contribution in [-0.4, -0.2) is 19.7 Å². The summed E-state index contributed by atoms with van der Waals surface area (Å²) in [5.41, 5.74) is 7.59. The molecule has 0 aromatic carbocycles. The molecule has 16 heavy (non-hydrogen) atoms. The standard InChI is InChI=1S/C11H15N5/c1-7-10(6-12)4-5-11(13-7)16-9(3)14-8(2)15-16/h4-5H,6,12H2,1-3H3. The predicted octanol–water partition coefficient (Wildman–Crippen LogP) is 1.05. The fraction of sp³-hybridized carbons (Fsp3) is 0.364. The lowest BCUT2D eigenvalue weighted by molar-refractivity contribution is 0.795. The molecule has 5 nitrogen and oxygen atoms in total. The van der Waals surface area contributed by atoms with Gasteiger partial charge in [0.05, 0.1) is 0 Å². The summed E-state index contributed by atoms with van der Waals surface area (Å²) in [7, 11) is 0. The van der Waals surface area contributed by atoms with Crippen molar-refractivity contribution in [3.8, 4) is 5.82 Å². The van der Waals surface area contributed by atoms with Gasteiger partial charge in [0.15, 0.2) is 5.82 Å². The number of hydrogen-bond acceptors (Lipinski definition) is 4. The van der Waals surface area contributed by atoms with Crippen LogP contribution in [0.4, 0.5) is 0 Å². The van der Waals surface area contributed by atoms with Crippen molar-refractivity contribution in [3.05, 3.63) is 35.0 Å². The molecule has 0 unspecified atom stereocenters. The average Bonchev–Trinajstić information content (AvgIpc) is 2.58.